The number of ether oxygens (including phenoxy) is 2. The van der Waals surface area contributed by atoms with E-state index in [-0.39, 0.29) is 50.7 Å². The zero-order chi connectivity index (χ0) is 34.5. The monoisotopic (exact) mass is 666 g/mol. The number of carboxylic acids is 1. The van der Waals surface area contributed by atoms with Crippen LogP contribution in [0.5, 0.6) is 0 Å². The molecule has 1 aromatic heterocycles. The van der Waals surface area contributed by atoms with E-state index in [4.69, 9.17) is 20.9 Å². The molecule has 0 aromatic carbocycles. The lowest BCUT2D eigenvalue weighted by molar-refractivity contribution is -0.254. The van der Waals surface area contributed by atoms with Crippen LogP contribution < -0.4 is 11.5 Å². The van der Waals surface area contributed by atoms with Crippen LogP contribution in [-0.4, -0.2) is 62.7 Å². The van der Waals surface area contributed by atoms with Gasteiger partial charge in [-0.2, -0.15) is 4.80 Å². The summed E-state index contributed by atoms with van der Waals surface area (Å²) in [7, 11) is 0. The fourth-order valence-electron chi connectivity index (χ4n) is 13.1. The molecule has 10 heteroatoms. The number of anilines is 1. The van der Waals surface area contributed by atoms with Crippen LogP contribution in [-0.2, 0) is 14.3 Å². The van der Waals surface area contributed by atoms with Gasteiger partial charge < -0.3 is 26.0 Å². The van der Waals surface area contributed by atoms with Crippen LogP contribution in [0.1, 0.15) is 125 Å². The number of tetrazole rings is 1. The summed E-state index contributed by atoms with van der Waals surface area (Å²) < 4.78 is 13.7. The molecule has 2 bridgehead atoms. The first-order chi connectivity index (χ1) is 22.5. The number of nitrogen functional groups attached to an aromatic ring is 1. The van der Waals surface area contributed by atoms with E-state index in [0.29, 0.717) is 43.5 Å². The van der Waals surface area contributed by atoms with Crippen LogP contribution in [0.25, 0.3) is 0 Å². The van der Waals surface area contributed by atoms with Crippen molar-refractivity contribution in [3.8, 4) is 0 Å². The molecule has 7 rings (SSSR count). The topological polar surface area (TPSA) is 151 Å². The van der Waals surface area contributed by atoms with Gasteiger partial charge in [0, 0.05) is 16.4 Å². The minimum absolute atomic E-state index is 0.143. The number of aromatic nitrogens is 4. The zero-order valence-electron chi connectivity index (χ0n) is 30.6. The Morgan fingerprint density at radius 2 is 1.79 bits per heavy atom. The lowest BCUT2D eigenvalue weighted by Crippen LogP contribution is -2.69. The van der Waals surface area contributed by atoms with Crippen molar-refractivity contribution < 1.29 is 19.4 Å². The van der Waals surface area contributed by atoms with Crippen LogP contribution in [0.3, 0.4) is 0 Å². The fraction of sp³-hybridized carbons (Fsp3) is 0.895. The van der Waals surface area contributed by atoms with Gasteiger partial charge >= 0.3 is 5.97 Å². The number of hydrogen-bond acceptors (Lipinski definition) is 8. The van der Waals surface area contributed by atoms with Crippen LogP contribution in [0, 0.1) is 56.7 Å². The largest absolute Gasteiger partial charge is 0.481 e. The van der Waals surface area contributed by atoms with Crippen molar-refractivity contribution in [3.05, 3.63) is 11.6 Å². The van der Waals surface area contributed by atoms with Crippen LogP contribution >= 0.6 is 0 Å². The quantitative estimate of drug-likeness (QED) is 0.280. The Bertz CT molecular complexity index is 1440. The summed E-state index contributed by atoms with van der Waals surface area (Å²) >= 11 is 0. The normalized spacial score (nSPS) is 45.8. The smallest absolute Gasteiger partial charge is 0.307 e. The molecule has 1 aliphatic heterocycles. The molecule has 0 radical (unpaired) electrons. The summed E-state index contributed by atoms with van der Waals surface area (Å²) in [5.74, 6) is 0.523. The summed E-state index contributed by atoms with van der Waals surface area (Å²) in [5, 5.41) is 24.2. The summed E-state index contributed by atoms with van der Waals surface area (Å²) in [6.45, 7) is 18.0. The highest BCUT2D eigenvalue weighted by atomic mass is 16.5. The molecule has 5 N–H and O–H groups in total. The minimum Gasteiger partial charge on any atom is -0.481 e. The van der Waals surface area contributed by atoms with Crippen molar-refractivity contribution in [2.45, 2.75) is 137 Å². The predicted octanol–water partition coefficient (Wildman–Crippen LogP) is 6.43. The first-order valence-electron chi connectivity index (χ1n) is 19.0. The molecular formula is C38H62N6O4. The van der Waals surface area contributed by atoms with E-state index in [1.165, 1.54) is 12.0 Å². The Kier molecular flexibility index (Phi) is 8.24. The standard InChI is InChI=1S/C38H62N6O4/c1-23(2)24(3)33(4)17-18-35(6)25-11-12-28-34(5)20-47-22-38(28,26(25)13-16-36(35,7)29(33)31(45)46)19-27(44-42-32(39)41-43-44)30(34)48-21-37(40)14-9-8-10-15-37/h13,23-25,27-30H,8-12,14-22,40H2,1-7H3,(H2,39,42)(H,45,46)/t24-,25+,27-,28+,29-,30+,33-,34?,35-,36+,38+/m1/s1. The molecule has 48 heavy (non-hydrogen) atoms. The number of carboxylic acid groups (broad SMARTS) is 1. The Hall–Kier alpha value is -2.04. The van der Waals surface area contributed by atoms with Gasteiger partial charge in [0.2, 0.25) is 0 Å². The highest BCUT2D eigenvalue weighted by Crippen LogP contribution is 2.75. The summed E-state index contributed by atoms with van der Waals surface area (Å²) in [5.41, 5.74) is 12.9. The Morgan fingerprint density at radius 1 is 1.06 bits per heavy atom. The van der Waals surface area contributed by atoms with Gasteiger partial charge in [-0.05, 0) is 96.5 Å². The van der Waals surface area contributed by atoms with Gasteiger partial charge in [0.1, 0.15) is 6.04 Å². The molecule has 1 aromatic rings. The second kappa shape index (κ2) is 11.5. The Labute approximate surface area is 287 Å². The van der Waals surface area contributed by atoms with Crippen LogP contribution in [0.2, 0.25) is 0 Å². The third-order valence-electron chi connectivity index (χ3n) is 16.2. The van der Waals surface area contributed by atoms with E-state index >= 15 is 0 Å². The molecule has 2 heterocycles. The number of hydrogen-bond donors (Lipinski definition) is 3. The molecule has 5 fully saturated rings. The minimum atomic E-state index is -0.626. The van der Waals surface area contributed by atoms with E-state index in [9.17, 15) is 9.90 Å². The highest BCUT2D eigenvalue weighted by molar-refractivity contribution is 5.73. The Morgan fingerprint density at radius 3 is 2.44 bits per heavy atom. The molecule has 10 nitrogen and oxygen atoms in total. The molecule has 0 amide bonds. The third-order valence-corrected chi connectivity index (χ3v) is 16.2. The van der Waals surface area contributed by atoms with Gasteiger partial charge in [-0.1, -0.05) is 84.5 Å². The first-order valence-corrected chi connectivity index (χ1v) is 19.0. The number of aliphatic carboxylic acids is 1. The molecular weight excluding hydrogens is 604 g/mol. The SMILES string of the molecule is CC(C)[C@@H](C)[C@@]1(C)CC[C@]2(C)[C@H]3CC[C@H]4C5(C)COC[C@@]4(C[C@@H](n4nnc(N)n4)[C@@H]5OCC4(N)CCCCC4)C3=CC[C@@]2(C)[C@@H]1C(=O)O. The van der Waals surface area contributed by atoms with E-state index < -0.39 is 11.9 Å². The maximum absolute atomic E-state index is 13.4. The van der Waals surface area contributed by atoms with Crippen LogP contribution in [0.4, 0.5) is 5.95 Å². The van der Waals surface area contributed by atoms with Crippen molar-refractivity contribution in [2.24, 2.45) is 62.4 Å². The fourth-order valence-corrected chi connectivity index (χ4v) is 13.1. The highest BCUT2D eigenvalue weighted by Gasteiger charge is 2.72. The predicted molar refractivity (Wildman–Crippen MR) is 185 cm³/mol. The second-order valence-electron chi connectivity index (χ2n) is 18.7. The van der Waals surface area contributed by atoms with Crippen molar-refractivity contribution >= 4 is 11.9 Å². The lowest BCUT2D eigenvalue weighted by Gasteiger charge is -2.71. The van der Waals surface area contributed by atoms with Gasteiger partial charge in [-0.3, -0.25) is 4.79 Å². The second-order valence-corrected chi connectivity index (χ2v) is 18.7. The average Bonchev–Trinajstić information content (AvgIpc) is 3.46. The molecule has 1 saturated heterocycles. The van der Waals surface area contributed by atoms with Gasteiger partial charge in [0.15, 0.2) is 0 Å². The maximum atomic E-state index is 13.4. The number of nitrogens with two attached hydrogens (primary N) is 2. The van der Waals surface area contributed by atoms with Gasteiger partial charge in [0.05, 0.1) is 31.8 Å². The molecule has 268 valence electrons. The van der Waals surface area contributed by atoms with Crippen molar-refractivity contribution in [1.29, 1.82) is 0 Å². The van der Waals surface area contributed by atoms with E-state index in [1.807, 2.05) is 0 Å². The lowest BCUT2D eigenvalue weighted by atomic mass is 9.34. The number of allylic oxidation sites excluding steroid dienone is 1. The Balaban J connectivity index is 1.29. The number of rotatable bonds is 7. The molecule has 6 aliphatic rings. The first kappa shape index (κ1) is 34.4. The van der Waals surface area contributed by atoms with Crippen molar-refractivity contribution in [3.63, 3.8) is 0 Å². The van der Waals surface area contributed by atoms with E-state index in [2.05, 4.69) is 70.0 Å². The van der Waals surface area contributed by atoms with Crippen molar-refractivity contribution in [2.75, 3.05) is 25.6 Å². The summed E-state index contributed by atoms with van der Waals surface area (Å²) in [6, 6.07) is -0.166. The number of fused-ring (bicyclic) bond motifs is 3. The van der Waals surface area contributed by atoms with Gasteiger partial charge in [-0.15, -0.1) is 5.10 Å². The van der Waals surface area contributed by atoms with Gasteiger partial charge in [-0.25, -0.2) is 0 Å². The maximum Gasteiger partial charge on any atom is 0.307 e. The van der Waals surface area contributed by atoms with Gasteiger partial charge in [0.25, 0.3) is 5.95 Å². The molecule has 1 unspecified atom stereocenters. The molecule has 5 aliphatic carbocycles. The van der Waals surface area contributed by atoms with Crippen molar-refractivity contribution in [1.82, 2.24) is 20.2 Å². The molecule has 11 atom stereocenters. The summed E-state index contributed by atoms with van der Waals surface area (Å²) in [6.07, 6.45) is 13.5. The molecule has 4 saturated carbocycles. The van der Waals surface area contributed by atoms with E-state index in [1.54, 1.807) is 4.80 Å². The number of carbonyl (C=O) groups is 1. The summed E-state index contributed by atoms with van der Waals surface area (Å²) in [4.78, 5) is 15.2. The van der Waals surface area contributed by atoms with Crippen LogP contribution in [0.15, 0.2) is 11.6 Å². The third kappa shape index (κ3) is 4.73. The zero-order valence-corrected chi connectivity index (χ0v) is 30.6. The molecule has 0 spiro atoms. The van der Waals surface area contributed by atoms with E-state index in [0.717, 1.165) is 64.2 Å². The number of nitrogens with zero attached hydrogens (tertiary/aromatic N) is 4. The average molecular weight is 667 g/mol.